The predicted octanol–water partition coefficient (Wildman–Crippen LogP) is 0.896. The molecular weight excluding hydrogens is 280 g/mol. The van der Waals surface area contributed by atoms with Gasteiger partial charge in [-0.05, 0) is 25.3 Å². The van der Waals surface area contributed by atoms with Crippen LogP contribution in [0.1, 0.15) is 12.8 Å². The monoisotopic (exact) mass is 296 g/mol. The molecule has 0 aromatic carbocycles. The second-order valence-corrected chi connectivity index (χ2v) is 6.87. The topological polar surface area (TPSA) is 63.4 Å². The smallest absolute Gasteiger partial charge is 0.209 e. The minimum Gasteiger partial charge on any atom is -0.298 e. The molecule has 1 atom stereocenters. The lowest BCUT2D eigenvalue weighted by Crippen LogP contribution is -2.39. The van der Waals surface area contributed by atoms with Crippen LogP contribution in [0.25, 0.3) is 0 Å². The van der Waals surface area contributed by atoms with Crippen molar-refractivity contribution in [2.24, 2.45) is 11.1 Å². The Balaban J connectivity index is 2.45. The van der Waals surface area contributed by atoms with Crippen LogP contribution in [0.3, 0.4) is 0 Å². The fourth-order valence-electron chi connectivity index (χ4n) is 2.00. The molecule has 6 heteroatoms. The number of halogens is 1. The first-order chi connectivity index (χ1) is 6.87. The second kappa shape index (κ2) is 5.43. The van der Waals surface area contributed by atoms with Crippen molar-refractivity contribution in [1.82, 2.24) is 4.90 Å². The highest BCUT2D eigenvalue weighted by atomic mass is 79.9. The molecule has 0 amide bonds. The molecule has 0 spiro atoms. The van der Waals surface area contributed by atoms with Gasteiger partial charge >= 0.3 is 0 Å². The van der Waals surface area contributed by atoms with Crippen molar-refractivity contribution in [3.05, 3.63) is 11.1 Å². The maximum Gasteiger partial charge on any atom is 0.209 e. The highest BCUT2D eigenvalue weighted by Gasteiger charge is 2.23. The first-order valence-corrected chi connectivity index (χ1v) is 7.44. The zero-order valence-electron chi connectivity index (χ0n) is 8.65. The summed E-state index contributed by atoms with van der Waals surface area (Å²) < 4.78 is 22.9. The molecule has 1 saturated heterocycles. The third-order valence-corrected chi connectivity index (χ3v) is 3.65. The molecule has 0 aliphatic carbocycles. The normalized spacial score (nSPS) is 24.0. The molecule has 0 bridgehead atoms. The van der Waals surface area contributed by atoms with Gasteiger partial charge in [-0.25, -0.2) is 13.6 Å². The van der Waals surface area contributed by atoms with E-state index < -0.39 is 10.0 Å². The summed E-state index contributed by atoms with van der Waals surface area (Å²) in [7, 11) is -3.34. The summed E-state index contributed by atoms with van der Waals surface area (Å²) in [4.78, 5) is 2.20. The second-order valence-electron chi connectivity index (χ2n) is 4.09. The summed E-state index contributed by atoms with van der Waals surface area (Å²) in [6.07, 6.45) is 1.97. The van der Waals surface area contributed by atoms with E-state index in [9.17, 15) is 8.42 Å². The van der Waals surface area contributed by atoms with E-state index in [4.69, 9.17) is 5.14 Å². The van der Waals surface area contributed by atoms with Gasteiger partial charge in [0.15, 0.2) is 0 Å². The first kappa shape index (κ1) is 13.2. The molecule has 0 radical (unpaired) electrons. The van der Waals surface area contributed by atoms with Gasteiger partial charge in [-0.15, -0.1) is 0 Å². The van der Waals surface area contributed by atoms with Gasteiger partial charge in [0.1, 0.15) is 0 Å². The van der Waals surface area contributed by atoms with Crippen molar-refractivity contribution in [3.8, 4) is 0 Å². The minimum absolute atomic E-state index is 0.0955. The maximum atomic E-state index is 11.0. The van der Waals surface area contributed by atoms with Crippen molar-refractivity contribution in [2.75, 3.05) is 25.4 Å². The zero-order chi connectivity index (χ0) is 11.5. The van der Waals surface area contributed by atoms with E-state index >= 15 is 0 Å². The van der Waals surface area contributed by atoms with Crippen molar-refractivity contribution in [3.63, 3.8) is 0 Å². The van der Waals surface area contributed by atoms with E-state index in [-0.39, 0.29) is 11.7 Å². The fraction of sp³-hybridized carbons (Fsp3) is 0.778. The summed E-state index contributed by atoms with van der Waals surface area (Å²) in [6, 6.07) is 0. The first-order valence-electron chi connectivity index (χ1n) is 4.93. The molecule has 0 saturated carbocycles. The average Bonchev–Trinajstić information content (AvgIpc) is 1.99. The Bertz CT molecular complexity index is 329. The molecular formula is C9H17BrN2O2S. The Kier molecular flexibility index (Phi) is 4.76. The van der Waals surface area contributed by atoms with Gasteiger partial charge in [-0.1, -0.05) is 22.5 Å². The number of piperidine rings is 1. The van der Waals surface area contributed by atoms with Gasteiger partial charge in [-0.2, -0.15) is 0 Å². The number of nitrogens with zero attached hydrogens (tertiary/aromatic N) is 1. The zero-order valence-corrected chi connectivity index (χ0v) is 11.1. The number of hydrogen-bond donors (Lipinski definition) is 1. The van der Waals surface area contributed by atoms with Crippen LogP contribution in [-0.4, -0.2) is 38.7 Å². The molecule has 88 valence electrons. The van der Waals surface area contributed by atoms with Gasteiger partial charge in [0.25, 0.3) is 0 Å². The lowest BCUT2D eigenvalue weighted by molar-refractivity contribution is 0.202. The Hall–Kier alpha value is 0.0900. The summed E-state index contributed by atoms with van der Waals surface area (Å²) in [5.41, 5.74) is 0. The van der Waals surface area contributed by atoms with E-state index in [0.717, 1.165) is 37.0 Å². The fourth-order valence-corrected chi connectivity index (χ4v) is 3.29. The molecule has 1 heterocycles. The van der Waals surface area contributed by atoms with Crippen LogP contribution < -0.4 is 5.14 Å². The number of hydrogen-bond acceptors (Lipinski definition) is 3. The number of rotatable bonds is 4. The van der Waals surface area contributed by atoms with E-state index in [1.165, 1.54) is 0 Å². The van der Waals surface area contributed by atoms with Gasteiger partial charge in [0.2, 0.25) is 10.0 Å². The number of primary sulfonamides is 1. The Morgan fingerprint density at radius 2 is 2.27 bits per heavy atom. The Morgan fingerprint density at radius 3 is 2.80 bits per heavy atom. The molecule has 2 N–H and O–H groups in total. The van der Waals surface area contributed by atoms with Gasteiger partial charge in [0.05, 0.1) is 5.75 Å². The summed E-state index contributed by atoms with van der Waals surface area (Å²) in [5, 5.41) is 5.04. The highest BCUT2D eigenvalue weighted by Crippen LogP contribution is 2.19. The Labute approximate surface area is 99.7 Å². The minimum atomic E-state index is -3.34. The maximum absolute atomic E-state index is 11.0. The third-order valence-electron chi connectivity index (χ3n) is 2.47. The van der Waals surface area contributed by atoms with Crippen LogP contribution in [0.15, 0.2) is 11.1 Å². The van der Waals surface area contributed by atoms with E-state index in [1.54, 1.807) is 0 Å². The summed E-state index contributed by atoms with van der Waals surface area (Å²) in [6.45, 7) is 6.36. The summed E-state index contributed by atoms with van der Waals surface area (Å²) >= 11 is 3.31. The van der Waals surface area contributed by atoms with Gasteiger partial charge in [-0.3, -0.25) is 4.90 Å². The molecule has 1 aliphatic rings. The van der Waals surface area contributed by atoms with Crippen LogP contribution in [0.5, 0.6) is 0 Å². The van der Waals surface area contributed by atoms with Crippen molar-refractivity contribution < 1.29 is 8.42 Å². The quantitative estimate of drug-likeness (QED) is 0.838. The number of likely N-dealkylation sites (tertiary alicyclic amines) is 1. The molecule has 0 aromatic rings. The van der Waals surface area contributed by atoms with Crippen molar-refractivity contribution >= 4 is 26.0 Å². The lowest BCUT2D eigenvalue weighted by atomic mass is 10.0. The van der Waals surface area contributed by atoms with Gasteiger partial charge in [0, 0.05) is 17.6 Å². The highest BCUT2D eigenvalue weighted by molar-refractivity contribution is 9.11. The van der Waals surface area contributed by atoms with Crippen molar-refractivity contribution in [2.45, 2.75) is 12.8 Å². The van der Waals surface area contributed by atoms with Crippen molar-refractivity contribution in [1.29, 1.82) is 0 Å². The molecule has 4 nitrogen and oxygen atoms in total. The van der Waals surface area contributed by atoms with Gasteiger partial charge < -0.3 is 0 Å². The predicted molar refractivity (Wildman–Crippen MR) is 65.2 cm³/mol. The van der Waals surface area contributed by atoms with E-state index in [0.29, 0.717) is 0 Å². The molecule has 0 aromatic heterocycles. The molecule has 1 fully saturated rings. The molecule has 1 aliphatic heterocycles. The van der Waals surface area contributed by atoms with Crippen LogP contribution in [-0.2, 0) is 10.0 Å². The molecule has 1 rings (SSSR count). The molecule has 0 unspecified atom stereocenters. The largest absolute Gasteiger partial charge is 0.298 e. The van der Waals surface area contributed by atoms with Crippen LogP contribution in [0.4, 0.5) is 0 Å². The average molecular weight is 297 g/mol. The molecule has 15 heavy (non-hydrogen) atoms. The van der Waals surface area contributed by atoms with Crippen LogP contribution >= 0.6 is 15.9 Å². The summed E-state index contributed by atoms with van der Waals surface area (Å²) in [5.74, 6) is 0.263. The third kappa shape index (κ3) is 5.65. The Morgan fingerprint density at radius 1 is 1.60 bits per heavy atom. The SMILES string of the molecule is C=C(Br)CN1CCC[C@@H](CS(N)(=O)=O)C1. The van der Waals surface area contributed by atoms with Crippen LogP contribution in [0, 0.1) is 5.92 Å². The van der Waals surface area contributed by atoms with E-state index in [2.05, 4.69) is 27.4 Å². The number of nitrogens with two attached hydrogens (primary N) is 1. The lowest BCUT2D eigenvalue weighted by Gasteiger charge is -2.31. The number of sulfonamides is 1. The van der Waals surface area contributed by atoms with E-state index in [1.807, 2.05) is 0 Å². The van der Waals surface area contributed by atoms with Crippen LogP contribution in [0.2, 0.25) is 0 Å². The standard InChI is InChI=1S/C9H17BrN2O2S/c1-8(10)5-12-4-2-3-9(6-12)7-15(11,13)14/h9H,1-7H2,(H2,11,13,14)/t9-/m1/s1.